The molecule has 0 saturated heterocycles. The number of fused-ring (bicyclic) bond motifs is 1. The second-order valence-corrected chi connectivity index (χ2v) is 5.99. The van der Waals surface area contributed by atoms with E-state index in [1.807, 2.05) is 35.9 Å². The zero-order valence-corrected chi connectivity index (χ0v) is 12.6. The van der Waals surface area contributed by atoms with Crippen LogP contribution in [0.3, 0.4) is 0 Å². The molecule has 1 aliphatic carbocycles. The molecule has 4 heteroatoms. The summed E-state index contributed by atoms with van der Waals surface area (Å²) in [6.07, 6.45) is 7.96. The lowest BCUT2D eigenvalue weighted by atomic mass is 9.84. The Hall–Kier alpha value is -1.68. The summed E-state index contributed by atoms with van der Waals surface area (Å²) in [7, 11) is 2.01. The van der Waals surface area contributed by atoms with Crippen LogP contribution in [-0.2, 0) is 6.54 Å². The van der Waals surface area contributed by atoms with Gasteiger partial charge >= 0.3 is 0 Å². The molecule has 3 rings (SSSR count). The third-order valence-electron chi connectivity index (χ3n) is 4.72. The van der Waals surface area contributed by atoms with E-state index in [0.717, 1.165) is 17.6 Å². The second-order valence-electron chi connectivity index (χ2n) is 5.99. The molecular weight excluding hydrogens is 262 g/mol. The molecule has 0 radical (unpaired) electrons. The van der Waals surface area contributed by atoms with E-state index in [1.54, 1.807) is 0 Å². The first kappa shape index (κ1) is 14.3. The van der Waals surface area contributed by atoms with Crippen molar-refractivity contribution in [2.24, 2.45) is 5.92 Å². The van der Waals surface area contributed by atoms with Gasteiger partial charge < -0.3 is 9.88 Å². The SMILES string of the molecule is CNC(Cn1c(=O)cnc2ccccc21)C1CCCCC1. The van der Waals surface area contributed by atoms with Gasteiger partial charge in [-0.25, -0.2) is 4.98 Å². The maximum atomic E-state index is 12.2. The summed E-state index contributed by atoms with van der Waals surface area (Å²) >= 11 is 0. The predicted molar refractivity (Wildman–Crippen MR) is 85.4 cm³/mol. The summed E-state index contributed by atoms with van der Waals surface area (Å²) in [6, 6.07) is 8.22. The van der Waals surface area contributed by atoms with Crippen LogP contribution in [-0.4, -0.2) is 22.6 Å². The first-order valence-corrected chi connectivity index (χ1v) is 7.91. The van der Waals surface area contributed by atoms with Crippen molar-refractivity contribution in [3.63, 3.8) is 0 Å². The fraction of sp³-hybridized carbons (Fsp3) is 0.529. The van der Waals surface area contributed by atoms with E-state index in [0.29, 0.717) is 12.0 Å². The van der Waals surface area contributed by atoms with Gasteiger partial charge in [0.2, 0.25) is 0 Å². The predicted octanol–water partition coefficient (Wildman–Crippen LogP) is 2.56. The van der Waals surface area contributed by atoms with Crippen molar-refractivity contribution < 1.29 is 0 Å². The molecule has 21 heavy (non-hydrogen) atoms. The summed E-state index contributed by atoms with van der Waals surface area (Å²) in [4.78, 5) is 16.5. The van der Waals surface area contributed by atoms with Gasteiger partial charge in [0.25, 0.3) is 5.56 Å². The normalized spacial score (nSPS) is 18.0. The van der Waals surface area contributed by atoms with Crippen LogP contribution in [0.4, 0.5) is 0 Å². The highest BCUT2D eigenvalue weighted by molar-refractivity contribution is 5.74. The van der Waals surface area contributed by atoms with Gasteiger partial charge in [0.1, 0.15) is 0 Å². The number of benzene rings is 1. The minimum Gasteiger partial charge on any atom is -0.315 e. The molecule has 0 bridgehead atoms. The van der Waals surface area contributed by atoms with Crippen molar-refractivity contribution in [3.05, 3.63) is 40.8 Å². The van der Waals surface area contributed by atoms with Gasteiger partial charge in [0.15, 0.2) is 0 Å². The number of para-hydroxylation sites is 2. The molecule has 1 heterocycles. The first-order valence-electron chi connectivity index (χ1n) is 7.91. The highest BCUT2D eigenvalue weighted by atomic mass is 16.1. The van der Waals surface area contributed by atoms with Crippen LogP contribution in [0.25, 0.3) is 11.0 Å². The molecular formula is C17H23N3O. The van der Waals surface area contributed by atoms with Crippen molar-refractivity contribution >= 4 is 11.0 Å². The molecule has 0 amide bonds. The number of hydrogen-bond acceptors (Lipinski definition) is 3. The number of aromatic nitrogens is 2. The Labute approximate surface area is 125 Å². The average molecular weight is 285 g/mol. The molecule has 2 aromatic rings. The Morgan fingerprint density at radius 3 is 2.81 bits per heavy atom. The van der Waals surface area contributed by atoms with Crippen LogP contribution in [0.1, 0.15) is 32.1 Å². The van der Waals surface area contributed by atoms with Gasteiger partial charge in [-0.2, -0.15) is 0 Å². The maximum absolute atomic E-state index is 12.2. The lowest BCUT2D eigenvalue weighted by Gasteiger charge is -2.30. The Kier molecular flexibility index (Phi) is 4.34. The van der Waals surface area contributed by atoms with Crippen LogP contribution in [0.2, 0.25) is 0 Å². The topological polar surface area (TPSA) is 46.9 Å². The molecule has 1 N–H and O–H groups in total. The zero-order valence-electron chi connectivity index (χ0n) is 12.6. The maximum Gasteiger partial charge on any atom is 0.269 e. The highest BCUT2D eigenvalue weighted by Crippen LogP contribution is 2.27. The smallest absolute Gasteiger partial charge is 0.269 e. The number of likely N-dealkylation sites (N-methyl/N-ethyl adjacent to an activating group) is 1. The molecule has 4 nitrogen and oxygen atoms in total. The van der Waals surface area contributed by atoms with E-state index in [9.17, 15) is 4.79 Å². The molecule has 112 valence electrons. The average Bonchev–Trinajstić information content (AvgIpc) is 2.55. The number of nitrogens with zero attached hydrogens (tertiary/aromatic N) is 2. The summed E-state index contributed by atoms with van der Waals surface area (Å²) in [5, 5.41) is 3.43. The fourth-order valence-electron chi connectivity index (χ4n) is 3.51. The highest BCUT2D eigenvalue weighted by Gasteiger charge is 2.23. The van der Waals surface area contributed by atoms with E-state index < -0.39 is 0 Å². The molecule has 1 aromatic heterocycles. The number of rotatable bonds is 4. The van der Waals surface area contributed by atoms with Gasteiger partial charge in [-0.3, -0.25) is 4.79 Å². The van der Waals surface area contributed by atoms with E-state index in [4.69, 9.17) is 0 Å². The lowest BCUT2D eigenvalue weighted by Crippen LogP contribution is -2.41. The van der Waals surface area contributed by atoms with Crippen LogP contribution in [0.15, 0.2) is 35.3 Å². The third kappa shape index (κ3) is 3.00. The van der Waals surface area contributed by atoms with Crippen molar-refractivity contribution in [3.8, 4) is 0 Å². The van der Waals surface area contributed by atoms with Gasteiger partial charge in [0, 0.05) is 12.6 Å². The first-order chi connectivity index (χ1) is 10.3. The molecule has 1 saturated carbocycles. The van der Waals surface area contributed by atoms with Crippen LogP contribution < -0.4 is 10.9 Å². The Morgan fingerprint density at radius 2 is 2.05 bits per heavy atom. The molecule has 1 atom stereocenters. The molecule has 1 unspecified atom stereocenters. The van der Waals surface area contributed by atoms with Crippen LogP contribution >= 0.6 is 0 Å². The zero-order chi connectivity index (χ0) is 14.7. The van der Waals surface area contributed by atoms with Crippen LogP contribution in [0.5, 0.6) is 0 Å². The molecule has 0 aliphatic heterocycles. The Balaban J connectivity index is 1.92. The Morgan fingerprint density at radius 1 is 1.29 bits per heavy atom. The van der Waals surface area contributed by atoms with Gasteiger partial charge in [-0.15, -0.1) is 0 Å². The fourth-order valence-corrected chi connectivity index (χ4v) is 3.51. The molecule has 1 aromatic carbocycles. The van der Waals surface area contributed by atoms with E-state index in [-0.39, 0.29) is 5.56 Å². The van der Waals surface area contributed by atoms with Gasteiger partial charge in [0.05, 0.1) is 17.2 Å². The third-order valence-corrected chi connectivity index (χ3v) is 4.72. The molecule has 0 spiro atoms. The van der Waals surface area contributed by atoms with E-state index >= 15 is 0 Å². The van der Waals surface area contributed by atoms with Crippen molar-refractivity contribution in [1.82, 2.24) is 14.9 Å². The second kappa shape index (κ2) is 6.39. The summed E-state index contributed by atoms with van der Waals surface area (Å²) in [5.74, 6) is 0.669. The Bertz CT molecular complexity index is 658. The van der Waals surface area contributed by atoms with E-state index in [1.165, 1.54) is 38.3 Å². The summed E-state index contributed by atoms with van der Waals surface area (Å²) in [5.41, 5.74) is 1.81. The molecule has 1 aliphatic rings. The lowest BCUT2D eigenvalue weighted by molar-refractivity contribution is 0.258. The van der Waals surface area contributed by atoms with Gasteiger partial charge in [-0.1, -0.05) is 31.4 Å². The standard InChI is InChI=1S/C17H23N3O/c1-18-15(13-7-3-2-4-8-13)12-20-16-10-6-5-9-14(16)19-11-17(20)21/h5-6,9-11,13,15,18H,2-4,7-8,12H2,1H3. The number of hydrogen-bond donors (Lipinski definition) is 1. The largest absolute Gasteiger partial charge is 0.315 e. The summed E-state index contributed by atoms with van der Waals surface area (Å²) in [6.45, 7) is 0.725. The minimum atomic E-state index is -0.00948. The van der Waals surface area contributed by atoms with Crippen molar-refractivity contribution in [1.29, 1.82) is 0 Å². The summed E-state index contributed by atoms with van der Waals surface area (Å²) < 4.78 is 1.87. The quantitative estimate of drug-likeness (QED) is 0.939. The van der Waals surface area contributed by atoms with Crippen molar-refractivity contribution in [2.45, 2.75) is 44.7 Å². The number of nitrogens with one attached hydrogen (secondary N) is 1. The van der Waals surface area contributed by atoms with Crippen LogP contribution in [0, 0.1) is 5.92 Å². The molecule has 1 fully saturated rings. The minimum absolute atomic E-state index is 0.00948. The monoisotopic (exact) mass is 285 g/mol. The van der Waals surface area contributed by atoms with E-state index in [2.05, 4.69) is 10.3 Å². The van der Waals surface area contributed by atoms with Crippen molar-refractivity contribution in [2.75, 3.05) is 7.05 Å². The van der Waals surface area contributed by atoms with Gasteiger partial charge in [-0.05, 0) is 37.9 Å².